The number of nitrogens with two attached hydrogens (primary N) is 1. The molecule has 1 aliphatic rings. The first-order chi connectivity index (χ1) is 9.08. The van der Waals surface area contributed by atoms with E-state index in [4.69, 9.17) is 33.9 Å². The number of hydrogen-bond donors (Lipinski definition) is 1. The molecule has 2 nitrogen and oxygen atoms in total. The first-order valence-electron chi connectivity index (χ1n) is 6.29. The molecule has 1 aliphatic carbocycles. The quantitative estimate of drug-likeness (QED) is 0.861. The van der Waals surface area contributed by atoms with Crippen molar-refractivity contribution in [2.24, 2.45) is 5.73 Å². The van der Waals surface area contributed by atoms with Crippen LogP contribution < -0.4 is 5.73 Å². The lowest BCUT2D eigenvalue weighted by atomic mass is 10.0. The summed E-state index contributed by atoms with van der Waals surface area (Å²) in [7, 11) is 0. The van der Waals surface area contributed by atoms with Gasteiger partial charge in [-0.1, -0.05) is 42.1 Å². The third-order valence-electron chi connectivity index (χ3n) is 3.64. The molecule has 5 heteroatoms. The summed E-state index contributed by atoms with van der Waals surface area (Å²) in [5, 5.41) is 4.19. The molecule has 1 fully saturated rings. The van der Waals surface area contributed by atoms with Crippen molar-refractivity contribution in [3.63, 3.8) is 0 Å². The number of halogens is 2. The molecule has 1 heterocycles. The lowest BCUT2D eigenvalue weighted by molar-refractivity contribution is 0.459. The van der Waals surface area contributed by atoms with Crippen molar-refractivity contribution >= 4 is 34.5 Å². The van der Waals surface area contributed by atoms with Crippen LogP contribution in [0.4, 0.5) is 0 Å². The molecule has 1 aromatic carbocycles. The first-order valence-corrected chi connectivity index (χ1v) is 7.92. The van der Waals surface area contributed by atoms with Gasteiger partial charge in [-0.25, -0.2) is 4.98 Å². The minimum absolute atomic E-state index is 0.223. The smallest absolute Gasteiger partial charge is 0.113 e. The van der Waals surface area contributed by atoms with Crippen LogP contribution in [0.15, 0.2) is 23.6 Å². The molecule has 0 amide bonds. The summed E-state index contributed by atoms with van der Waals surface area (Å²) in [6.45, 7) is 0. The van der Waals surface area contributed by atoms with E-state index in [0.29, 0.717) is 10.0 Å². The van der Waals surface area contributed by atoms with Crippen LogP contribution in [0.2, 0.25) is 10.0 Å². The normalized spacial score (nSPS) is 17.8. The minimum atomic E-state index is -0.223. The number of aromatic nitrogens is 1. The molecule has 0 spiro atoms. The minimum Gasteiger partial charge on any atom is -0.319 e. The van der Waals surface area contributed by atoms with Gasteiger partial charge in [0.05, 0.1) is 21.3 Å². The van der Waals surface area contributed by atoms with E-state index in [-0.39, 0.29) is 5.54 Å². The van der Waals surface area contributed by atoms with Gasteiger partial charge in [-0.05, 0) is 25.0 Å². The van der Waals surface area contributed by atoms with Crippen LogP contribution in [-0.2, 0) is 5.54 Å². The second kappa shape index (κ2) is 5.06. The number of rotatable bonds is 2. The Labute approximate surface area is 126 Å². The van der Waals surface area contributed by atoms with E-state index in [2.05, 4.69) is 0 Å². The van der Waals surface area contributed by atoms with Crippen LogP contribution in [0.3, 0.4) is 0 Å². The van der Waals surface area contributed by atoms with Gasteiger partial charge in [-0.2, -0.15) is 0 Å². The Morgan fingerprint density at radius 3 is 2.58 bits per heavy atom. The molecule has 100 valence electrons. The zero-order valence-electron chi connectivity index (χ0n) is 10.3. The standard InChI is InChI=1S/C14H14Cl2N2S/c15-10-4-3-9(7-11(10)16)12-8-19-13(18-12)14(17)5-1-2-6-14/h3-4,7-8H,1-2,5-6,17H2. The SMILES string of the molecule is NC1(c2nc(-c3ccc(Cl)c(Cl)c3)cs2)CCCC1. The Hall–Kier alpha value is -0.610. The monoisotopic (exact) mass is 312 g/mol. The van der Waals surface area contributed by atoms with Crippen molar-refractivity contribution in [2.45, 2.75) is 31.2 Å². The molecular formula is C14H14Cl2N2S. The highest BCUT2D eigenvalue weighted by atomic mass is 35.5. The third kappa shape index (κ3) is 2.52. The topological polar surface area (TPSA) is 38.9 Å². The van der Waals surface area contributed by atoms with Crippen molar-refractivity contribution in [1.82, 2.24) is 4.98 Å². The van der Waals surface area contributed by atoms with Crippen molar-refractivity contribution in [2.75, 3.05) is 0 Å². The van der Waals surface area contributed by atoms with Crippen molar-refractivity contribution < 1.29 is 0 Å². The maximum Gasteiger partial charge on any atom is 0.113 e. The fourth-order valence-corrected chi connectivity index (χ4v) is 3.81. The summed E-state index contributed by atoms with van der Waals surface area (Å²) < 4.78 is 0. The molecular weight excluding hydrogens is 299 g/mol. The fraction of sp³-hybridized carbons (Fsp3) is 0.357. The van der Waals surface area contributed by atoms with Crippen LogP contribution in [0.25, 0.3) is 11.3 Å². The van der Waals surface area contributed by atoms with Gasteiger partial charge in [0.2, 0.25) is 0 Å². The summed E-state index contributed by atoms with van der Waals surface area (Å²) in [6.07, 6.45) is 4.44. The van der Waals surface area contributed by atoms with Gasteiger partial charge in [0.15, 0.2) is 0 Å². The molecule has 0 atom stereocenters. The molecule has 2 N–H and O–H groups in total. The second-order valence-corrected chi connectivity index (χ2v) is 6.70. The maximum absolute atomic E-state index is 6.43. The average Bonchev–Trinajstić information content (AvgIpc) is 3.02. The molecule has 0 unspecified atom stereocenters. The number of benzene rings is 1. The van der Waals surface area contributed by atoms with E-state index < -0.39 is 0 Å². The van der Waals surface area contributed by atoms with Crippen molar-refractivity contribution in [1.29, 1.82) is 0 Å². The Morgan fingerprint density at radius 1 is 1.16 bits per heavy atom. The van der Waals surface area contributed by atoms with E-state index in [1.165, 1.54) is 12.8 Å². The zero-order valence-corrected chi connectivity index (χ0v) is 12.7. The van der Waals surface area contributed by atoms with Crippen LogP contribution in [-0.4, -0.2) is 4.98 Å². The van der Waals surface area contributed by atoms with Gasteiger partial charge in [0.25, 0.3) is 0 Å². The highest BCUT2D eigenvalue weighted by Crippen LogP contribution is 2.39. The van der Waals surface area contributed by atoms with Crippen LogP contribution in [0, 0.1) is 0 Å². The van der Waals surface area contributed by atoms with E-state index in [0.717, 1.165) is 29.1 Å². The predicted molar refractivity (Wildman–Crippen MR) is 81.9 cm³/mol. The lowest BCUT2D eigenvalue weighted by Crippen LogP contribution is -2.32. The number of hydrogen-bond acceptors (Lipinski definition) is 3. The van der Waals surface area contributed by atoms with Crippen LogP contribution in [0.5, 0.6) is 0 Å². The molecule has 0 radical (unpaired) electrons. The molecule has 2 aromatic rings. The van der Waals surface area contributed by atoms with Crippen molar-refractivity contribution in [3.05, 3.63) is 38.6 Å². The lowest BCUT2D eigenvalue weighted by Gasteiger charge is -2.19. The van der Waals surface area contributed by atoms with E-state index >= 15 is 0 Å². The van der Waals surface area contributed by atoms with Crippen molar-refractivity contribution in [3.8, 4) is 11.3 Å². The highest BCUT2D eigenvalue weighted by Gasteiger charge is 2.34. The highest BCUT2D eigenvalue weighted by molar-refractivity contribution is 7.10. The zero-order chi connectivity index (χ0) is 13.5. The number of nitrogens with zero attached hydrogens (tertiary/aromatic N) is 1. The third-order valence-corrected chi connectivity index (χ3v) is 5.44. The maximum atomic E-state index is 6.43. The molecule has 0 aliphatic heterocycles. The van der Waals surface area contributed by atoms with Gasteiger partial charge >= 0.3 is 0 Å². The summed E-state index contributed by atoms with van der Waals surface area (Å²) in [4.78, 5) is 4.70. The summed E-state index contributed by atoms with van der Waals surface area (Å²) in [5.74, 6) is 0. The Bertz CT molecular complexity index is 603. The average molecular weight is 313 g/mol. The Kier molecular flexibility index (Phi) is 3.56. The Morgan fingerprint density at radius 2 is 1.89 bits per heavy atom. The molecule has 0 saturated heterocycles. The molecule has 19 heavy (non-hydrogen) atoms. The van der Waals surface area contributed by atoms with Gasteiger partial charge < -0.3 is 5.73 Å². The molecule has 1 aromatic heterocycles. The van der Waals surface area contributed by atoms with E-state index in [1.807, 2.05) is 17.5 Å². The fourth-order valence-electron chi connectivity index (χ4n) is 2.51. The number of thiazole rings is 1. The largest absolute Gasteiger partial charge is 0.319 e. The summed E-state index contributed by atoms with van der Waals surface area (Å²) >= 11 is 13.6. The van der Waals surface area contributed by atoms with Gasteiger partial charge in [0, 0.05) is 10.9 Å². The summed E-state index contributed by atoms with van der Waals surface area (Å²) in [6, 6.07) is 5.58. The molecule has 0 bridgehead atoms. The first kappa shape index (κ1) is 13.4. The summed E-state index contributed by atoms with van der Waals surface area (Å²) in [5.41, 5.74) is 8.11. The van der Waals surface area contributed by atoms with E-state index in [9.17, 15) is 0 Å². The van der Waals surface area contributed by atoms with E-state index in [1.54, 1.807) is 17.4 Å². The predicted octanol–water partition coefficient (Wildman–Crippen LogP) is 4.84. The molecule has 3 rings (SSSR count). The van der Waals surface area contributed by atoms with Gasteiger partial charge in [0.1, 0.15) is 5.01 Å². The second-order valence-electron chi connectivity index (χ2n) is 5.03. The molecule has 1 saturated carbocycles. The van der Waals surface area contributed by atoms with Gasteiger partial charge in [-0.15, -0.1) is 11.3 Å². The van der Waals surface area contributed by atoms with Crippen LogP contribution in [0.1, 0.15) is 30.7 Å². The van der Waals surface area contributed by atoms with Crippen LogP contribution >= 0.6 is 34.5 Å². The Balaban J connectivity index is 1.94. The van der Waals surface area contributed by atoms with Gasteiger partial charge in [-0.3, -0.25) is 0 Å².